The Morgan fingerprint density at radius 1 is 1.67 bits per heavy atom. The Kier molecular flexibility index (Phi) is 0.369. The van der Waals surface area contributed by atoms with Crippen LogP contribution in [-0.4, -0.2) is 11.3 Å². The standard InChI is InChI=1S/C7H5NO/c1-2-6-7(9-6)3-4-8-5(1)7/h2-4H,1H2. The zero-order valence-corrected chi connectivity index (χ0v) is 4.79. The summed E-state index contributed by atoms with van der Waals surface area (Å²) in [5.74, 6) is 1.11. The van der Waals surface area contributed by atoms with Crippen LogP contribution in [0.3, 0.4) is 0 Å². The molecule has 1 unspecified atom stereocenters. The molecule has 0 radical (unpaired) electrons. The smallest absolute Gasteiger partial charge is 0.223 e. The average molecular weight is 119 g/mol. The lowest BCUT2D eigenvalue weighted by Crippen LogP contribution is -2.13. The van der Waals surface area contributed by atoms with Gasteiger partial charge in [0.15, 0.2) is 0 Å². The van der Waals surface area contributed by atoms with Crippen LogP contribution in [0.5, 0.6) is 0 Å². The van der Waals surface area contributed by atoms with Gasteiger partial charge in [-0.15, -0.1) is 0 Å². The van der Waals surface area contributed by atoms with Crippen LogP contribution >= 0.6 is 0 Å². The van der Waals surface area contributed by atoms with Crippen molar-refractivity contribution in [3.05, 3.63) is 24.1 Å². The zero-order chi connectivity index (χ0) is 5.90. The fraction of sp³-hybridized carbons (Fsp3) is 0.286. The number of hydrogen-bond acceptors (Lipinski definition) is 2. The van der Waals surface area contributed by atoms with Gasteiger partial charge in [-0.1, -0.05) is 0 Å². The molecule has 2 heterocycles. The molecule has 0 N–H and O–H groups in total. The molecule has 3 rings (SSSR count). The quantitative estimate of drug-likeness (QED) is 0.437. The highest BCUT2D eigenvalue weighted by Crippen LogP contribution is 2.51. The average Bonchev–Trinajstić information content (AvgIpc) is 2.30. The number of rotatable bonds is 0. The van der Waals surface area contributed by atoms with E-state index in [4.69, 9.17) is 4.74 Å². The lowest BCUT2D eigenvalue weighted by molar-refractivity contribution is 0.421. The molecule has 3 aliphatic rings. The molecule has 0 aromatic heterocycles. The minimum absolute atomic E-state index is 0.0972. The van der Waals surface area contributed by atoms with Crippen molar-refractivity contribution in [1.29, 1.82) is 0 Å². The van der Waals surface area contributed by atoms with Crippen LogP contribution in [0.15, 0.2) is 29.1 Å². The van der Waals surface area contributed by atoms with Crippen molar-refractivity contribution in [2.45, 2.75) is 12.0 Å². The van der Waals surface area contributed by atoms with E-state index in [-0.39, 0.29) is 5.60 Å². The Morgan fingerprint density at radius 2 is 2.67 bits per heavy atom. The van der Waals surface area contributed by atoms with Gasteiger partial charge in [0, 0.05) is 12.6 Å². The fourth-order valence-electron chi connectivity index (χ4n) is 1.48. The highest BCUT2D eigenvalue weighted by Gasteiger charge is 2.59. The first-order chi connectivity index (χ1) is 4.42. The summed E-state index contributed by atoms with van der Waals surface area (Å²) in [5, 5.41) is 0. The summed E-state index contributed by atoms with van der Waals surface area (Å²) in [7, 11) is 0. The molecule has 0 amide bonds. The molecule has 2 nitrogen and oxygen atoms in total. The van der Waals surface area contributed by atoms with Crippen LogP contribution in [-0.2, 0) is 4.74 Å². The summed E-state index contributed by atoms with van der Waals surface area (Å²) < 4.78 is 5.31. The van der Waals surface area contributed by atoms with E-state index in [1.165, 1.54) is 0 Å². The van der Waals surface area contributed by atoms with Crippen molar-refractivity contribution in [3.8, 4) is 0 Å². The largest absolute Gasteiger partial charge is 0.469 e. The van der Waals surface area contributed by atoms with Gasteiger partial charge in [-0.2, -0.15) is 0 Å². The van der Waals surface area contributed by atoms with E-state index in [1.807, 2.05) is 12.3 Å². The zero-order valence-electron chi connectivity index (χ0n) is 4.79. The van der Waals surface area contributed by atoms with Crippen LogP contribution in [0.25, 0.3) is 0 Å². The molecular formula is C7H5NO. The molecule has 2 aliphatic heterocycles. The molecule has 1 fully saturated rings. The lowest BCUT2D eigenvalue weighted by atomic mass is 10.1. The van der Waals surface area contributed by atoms with E-state index < -0.39 is 0 Å². The van der Waals surface area contributed by atoms with Gasteiger partial charge in [0.1, 0.15) is 5.76 Å². The maximum atomic E-state index is 5.31. The number of epoxide rings is 1. The summed E-state index contributed by atoms with van der Waals surface area (Å²) in [6.45, 7) is 0. The Morgan fingerprint density at radius 3 is 3.44 bits per heavy atom. The summed E-state index contributed by atoms with van der Waals surface area (Å²) in [6, 6.07) is 0. The van der Waals surface area contributed by atoms with Crippen molar-refractivity contribution >= 4 is 5.71 Å². The molecular weight excluding hydrogens is 114 g/mol. The first-order valence-electron chi connectivity index (χ1n) is 3.06. The summed E-state index contributed by atoms with van der Waals surface area (Å²) >= 11 is 0. The summed E-state index contributed by atoms with van der Waals surface area (Å²) in [5.41, 5.74) is 1.07. The molecule has 0 bridgehead atoms. The second kappa shape index (κ2) is 0.856. The van der Waals surface area contributed by atoms with E-state index in [0.29, 0.717) is 0 Å². The van der Waals surface area contributed by atoms with Gasteiger partial charge in [0.05, 0.1) is 5.71 Å². The van der Waals surface area contributed by atoms with Crippen LogP contribution < -0.4 is 0 Å². The Balaban J connectivity index is 2.31. The normalized spacial score (nSPS) is 40.9. The monoisotopic (exact) mass is 119 g/mol. The molecule has 0 saturated carbocycles. The molecule has 1 saturated heterocycles. The third-order valence-corrected chi connectivity index (χ3v) is 2.04. The number of allylic oxidation sites excluding steroid dienone is 1. The van der Waals surface area contributed by atoms with Crippen LogP contribution in [0.1, 0.15) is 6.42 Å². The SMILES string of the molecule is C1=CC23OC2=CCC3=N1. The van der Waals surface area contributed by atoms with Crippen LogP contribution in [0, 0.1) is 0 Å². The van der Waals surface area contributed by atoms with Gasteiger partial charge >= 0.3 is 0 Å². The Labute approximate surface area is 52.5 Å². The number of aliphatic imine (C=N–C) groups is 1. The minimum atomic E-state index is -0.0972. The Hall–Kier alpha value is -1.05. The summed E-state index contributed by atoms with van der Waals surface area (Å²) in [6.07, 6.45) is 6.93. The lowest BCUT2D eigenvalue weighted by Gasteiger charge is -1.95. The molecule has 9 heavy (non-hydrogen) atoms. The van der Waals surface area contributed by atoms with Crippen molar-refractivity contribution in [2.75, 3.05) is 0 Å². The molecule has 0 aromatic carbocycles. The Bertz CT molecular complexity index is 275. The van der Waals surface area contributed by atoms with Gasteiger partial charge < -0.3 is 4.74 Å². The molecule has 1 aliphatic carbocycles. The van der Waals surface area contributed by atoms with Gasteiger partial charge in [-0.25, -0.2) is 0 Å². The number of hydrogen-bond donors (Lipinski definition) is 0. The minimum Gasteiger partial charge on any atom is -0.469 e. The van der Waals surface area contributed by atoms with Gasteiger partial charge in [-0.3, -0.25) is 4.99 Å². The van der Waals surface area contributed by atoms with Crippen molar-refractivity contribution in [3.63, 3.8) is 0 Å². The molecule has 1 spiro atoms. The predicted octanol–water partition coefficient (Wildman–Crippen LogP) is 1.01. The number of nitrogens with zero attached hydrogens (tertiary/aromatic N) is 1. The molecule has 2 heteroatoms. The highest BCUT2D eigenvalue weighted by atomic mass is 16.6. The third kappa shape index (κ3) is 0.253. The first-order valence-corrected chi connectivity index (χ1v) is 3.06. The van der Waals surface area contributed by atoms with Gasteiger partial charge in [-0.05, 0) is 12.2 Å². The van der Waals surface area contributed by atoms with Crippen molar-refractivity contribution in [2.24, 2.45) is 4.99 Å². The first kappa shape index (κ1) is 3.88. The third-order valence-electron chi connectivity index (χ3n) is 2.04. The predicted molar refractivity (Wildman–Crippen MR) is 33.1 cm³/mol. The van der Waals surface area contributed by atoms with Gasteiger partial charge in [0.25, 0.3) is 0 Å². The van der Waals surface area contributed by atoms with Crippen molar-refractivity contribution < 1.29 is 4.74 Å². The fourth-order valence-corrected chi connectivity index (χ4v) is 1.48. The van der Waals surface area contributed by atoms with E-state index in [1.54, 1.807) is 0 Å². The summed E-state index contributed by atoms with van der Waals surface area (Å²) in [4.78, 5) is 4.17. The topological polar surface area (TPSA) is 24.9 Å². The van der Waals surface area contributed by atoms with E-state index in [9.17, 15) is 0 Å². The van der Waals surface area contributed by atoms with E-state index in [0.717, 1.165) is 17.9 Å². The van der Waals surface area contributed by atoms with E-state index >= 15 is 0 Å². The van der Waals surface area contributed by atoms with Gasteiger partial charge in [0.2, 0.25) is 5.60 Å². The van der Waals surface area contributed by atoms with Crippen molar-refractivity contribution in [1.82, 2.24) is 0 Å². The number of ether oxygens (including phenoxy) is 1. The molecule has 1 atom stereocenters. The van der Waals surface area contributed by atoms with Crippen LogP contribution in [0.2, 0.25) is 0 Å². The maximum absolute atomic E-state index is 5.31. The second-order valence-electron chi connectivity index (χ2n) is 2.50. The van der Waals surface area contributed by atoms with Crippen LogP contribution in [0.4, 0.5) is 0 Å². The maximum Gasteiger partial charge on any atom is 0.223 e. The molecule has 44 valence electrons. The highest BCUT2D eigenvalue weighted by molar-refractivity contribution is 6.06. The second-order valence-corrected chi connectivity index (χ2v) is 2.50. The molecule has 0 aromatic rings. The van der Waals surface area contributed by atoms with E-state index in [2.05, 4.69) is 11.1 Å².